The second-order valence-electron chi connectivity index (χ2n) is 6.34. The summed E-state index contributed by atoms with van der Waals surface area (Å²) in [4.78, 5) is 18.9. The first-order chi connectivity index (χ1) is 11.6. The third kappa shape index (κ3) is 2.86. The van der Waals surface area contributed by atoms with Crippen molar-refractivity contribution in [2.75, 3.05) is 13.1 Å². The Morgan fingerprint density at radius 2 is 2.12 bits per heavy atom. The molecule has 1 amide bonds. The van der Waals surface area contributed by atoms with Crippen molar-refractivity contribution in [1.29, 1.82) is 0 Å². The van der Waals surface area contributed by atoms with E-state index < -0.39 is 6.10 Å². The molecule has 2 aromatic rings. The van der Waals surface area contributed by atoms with E-state index in [0.29, 0.717) is 36.2 Å². The number of rotatable bonds is 2. The van der Waals surface area contributed by atoms with Crippen molar-refractivity contribution in [3.63, 3.8) is 0 Å². The van der Waals surface area contributed by atoms with Crippen LogP contribution in [0.3, 0.4) is 0 Å². The lowest BCUT2D eigenvalue weighted by Gasteiger charge is -2.31. The van der Waals surface area contributed by atoms with Crippen molar-refractivity contribution in [2.24, 2.45) is 0 Å². The van der Waals surface area contributed by atoms with E-state index in [1.165, 1.54) is 0 Å². The number of halogens is 1. The van der Waals surface area contributed by atoms with E-state index >= 15 is 0 Å². The summed E-state index contributed by atoms with van der Waals surface area (Å²) < 4.78 is 11.1. The zero-order valence-corrected chi connectivity index (χ0v) is 14.1. The summed E-state index contributed by atoms with van der Waals surface area (Å²) in [6.45, 7) is 3.18. The van der Waals surface area contributed by atoms with Crippen LogP contribution in [-0.4, -0.2) is 40.1 Å². The fourth-order valence-electron chi connectivity index (χ4n) is 3.38. The molecule has 24 heavy (non-hydrogen) atoms. The van der Waals surface area contributed by atoms with Gasteiger partial charge in [-0.15, -0.1) is 0 Å². The van der Waals surface area contributed by atoms with E-state index in [2.05, 4.69) is 10.1 Å². The molecule has 0 spiro atoms. The van der Waals surface area contributed by atoms with Crippen LogP contribution in [0.4, 0.5) is 0 Å². The third-order valence-electron chi connectivity index (χ3n) is 4.67. The molecule has 0 radical (unpaired) electrons. The quantitative estimate of drug-likeness (QED) is 0.835. The van der Waals surface area contributed by atoms with Gasteiger partial charge in [-0.05, 0) is 43.5 Å². The minimum Gasteiger partial charge on any atom is -0.480 e. The molecular weight excluding hydrogens is 330 g/mol. The molecule has 3 heterocycles. The number of fused-ring (bicyclic) bond motifs is 1. The second kappa shape index (κ2) is 6.09. The summed E-state index contributed by atoms with van der Waals surface area (Å²) in [5.74, 6) is 2.37. The summed E-state index contributed by atoms with van der Waals surface area (Å²) in [5.41, 5.74) is 0.997. The molecule has 1 fully saturated rings. The first-order valence-electron chi connectivity index (χ1n) is 8.14. The Hall–Kier alpha value is -2.08. The summed E-state index contributed by atoms with van der Waals surface area (Å²) in [6, 6.07) is 5.48. The van der Waals surface area contributed by atoms with Crippen LogP contribution in [0.1, 0.15) is 36.0 Å². The van der Waals surface area contributed by atoms with Crippen molar-refractivity contribution in [3.8, 4) is 5.75 Å². The second-order valence-corrected chi connectivity index (χ2v) is 6.78. The van der Waals surface area contributed by atoms with Gasteiger partial charge in [0.2, 0.25) is 5.89 Å². The van der Waals surface area contributed by atoms with E-state index in [9.17, 15) is 4.79 Å². The van der Waals surface area contributed by atoms with Crippen molar-refractivity contribution < 1.29 is 14.1 Å². The van der Waals surface area contributed by atoms with Crippen LogP contribution in [0, 0.1) is 6.92 Å². The van der Waals surface area contributed by atoms with Gasteiger partial charge in [-0.3, -0.25) is 4.79 Å². The molecule has 6 nitrogen and oxygen atoms in total. The Morgan fingerprint density at radius 3 is 2.83 bits per heavy atom. The Bertz CT molecular complexity index is 768. The van der Waals surface area contributed by atoms with E-state index in [4.69, 9.17) is 20.9 Å². The lowest BCUT2D eigenvalue weighted by molar-refractivity contribution is -0.139. The number of amides is 1. The van der Waals surface area contributed by atoms with Crippen molar-refractivity contribution >= 4 is 17.5 Å². The summed E-state index contributed by atoms with van der Waals surface area (Å²) in [7, 11) is 0. The molecule has 1 saturated heterocycles. The van der Waals surface area contributed by atoms with Crippen LogP contribution in [0.15, 0.2) is 22.7 Å². The van der Waals surface area contributed by atoms with Gasteiger partial charge in [0.15, 0.2) is 11.9 Å². The Balaban J connectivity index is 1.37. The number of piperidine rings is 1. The predicted molar refractivity (Wildman–Crippen MR) is 87.2 cm³/mol. The lowest BCUT2D eigenvalue weighted by Crippen LogP contribution is -2.45. The number of hydrogen-bond acceptors (Lipinski definition) is 5. The SMILES string of the molecule is Cc1noc(C2CCN(C(=O)C3Cc4cc(Cl)ccc4O3)CC2)n1. The number of nitrogens with zero attached hydrogens (tertiary/aromatic N) is 3. The van der Waals surface area contributed by atoms with Gasteiger partial charge in [-0.1, -0.05) is 16.8 Å². The molecule has 126 valence electrons. The maximum Gasteiger partial charge on any atom is 0.263 e. The monoisotopic (exact) mass is 347 g/mol. The minimum atomic E-state index is -0.444. The van der Waals surface area contributed by atoms with Gasteiger partial charge in [0, 0.05) is 30.5 Å². The molecule has 2 aliphatic rings. The number of aryl methyl sites for hydroxylation is 1. The molecule has 1 unspecified atom stereocenters. The molecule has 1 atom stereocenters. The van der Waals surface area contributed by atoms with Crippen LogP contribution < -0.4 is 4.74 Å². The average Bonchev–Trinajstić information content (AvgIpc) is 3.20. The van der Waals surface area contributed by atoms with Gasteiger partial charge >= 0.3 is 0 Å². The average molecular weight is 348 g/mol. The highest BCUT2D eigenvalue weighted by atomic mass is 35.5. The zero-order chi connectivity index (χ0) is 16.7. The highest BCUT2D eigenvalue weighted by Gasteiger charge is 2.35. The number of benzene rings is 1. The number of likely N-dealkylation sites (tertiary alicyclic amines) is 1. The number of ether oxygens (including phenoxy) is 1. The lowest BCUT2D eigenvalue weighted by atomic mass is 9.96. The van der Waals surface area contributed by atoms with Gasteiger partial charge in [0.05, 0.1) is 0 Å². The molecule has 0 bridgehead atoms. The molecular formula is C17H18ClN3O3. The van der Waals surface area contributed by atoms with Crippen molar-refractivity contribution in [2.45, 2.75) is 38.2 Å². The third-order valence-corrected chi connectivity index (χ3v) is 4.91. The smallest absolute Gasteiger partial charge is 0.263 e. The standard InChI is InChI=1S/C17H18ClN3O3/c1-10-19-16(24-20-10)11-4-6-21(7-5-11)17(22)15-9-12-8-13(18)2-3-14(12)23-15/h2-3,8,11,15H,4-7,9H2,1H3. The molecule has 2 aliphatic heterocycles. The Kier molecular flexibility index (Phi) is 3.92. The van der Waals surface area contributed by atoms with Gasteiger partial charge < -0.3 is 14.2 Å². The van der Waals surface area contributed by atoms with Crippen LogP contribution in [0.25, 0.3) is 0 Å². The van der Waals surface area contributed by atoms with Gasteiger partial charge in [-0.25, -0.2) is 0 Å². The predicted octanol–water partition coefficient (Wildman–Crippen LogP) is 2.74. The fraction of sp³-hybridized carbons (Fsp3) is 0.471. The fourth-order valence-corrected chi connectivity index (χ4v) is 3.58. The number of hydrogen-bond donors (Lipinski definition) is 0. The maximum atomic E-state index is 12.7. The molecule has 0 aliphatic carbocycles. The molecule has 0 N–H and O–H groups in total. The van der Waals surface area contributed by atoms with Gasteiger partial charge in [-0.2, -0.15) is 4.98 Å². The highest BCUT2D eigenvalue weighted by Crippen LogP contribution is 2.33. The molecule has 0 saturated carbocycles. The van der Waals surface area contributed by atoms with Crippen LogP contribution in [0.5, 0.6) is 5.75 Å². The summed E-state index contributed by atoms with van der Waals surface area (Å²) in [6.07, 6.45) is 1.80. The molecule has 1 aromatic heterocycles. The number of carbonyl (C=O) groups is 1. The highest BCUT2D eigenvalue weighted by molar-refractivity contribution is 6.30. The van der Waals surface area contributed by atoms with Crippen LogP contribution in [-0.2, 0) is 11.2 Å². The molecule has 7 heteroatoms. The Morgan fingerprint density at radius 1 is 1.33 bits per heavy atom. The molecule has 4 rings (SSSR count). The first-order valence-corrected chi connectivity index (χ1v) is 8.52. The topological polar surface area (TPSA) is 68.5 Å². The van der Waals surface area contributed by atoms with Gasteiger partial charge in [0.1, 0.15) is 5.75 Å². The van der Waals surface area contributed by atoms with Crippen molar-refractivity contribution in [1.82, 2.24) is 15.0 Å². The zero-order valence-electron chi connectivity index (χ0n) is 13.4. The normalized spacial score (nSPS) is 20.8. The van der Waals surface area contributed by atoms with Crippen molar-refractivity contribution in [3.05, 3.63) is 40.5 Å². The molecule has 1 aromatic carbocycles. The van der Waals surface area contributed by atoms with E-state index in [-0.39, 0.29) is 11.8 Å². The minimum absolute atomic E-state index is 0.0440. The van der Waals surface area contributed by atoms with E-state index in [0.717, 1.165) is 24.2 Å². The van der Waals surface area contributed by atoms with E-state index in [1.807, 2.05) is 24.0 Å². The summed E-state index contributed by atoms with van der Waals surface area (Å²) >= 11 is 6.00. The summed E-state index contributed by atoms with van der Waals surface area (Å²) in [5, 5.41) is 4.51. The maximum absolute atomic E-state index is 12.7. The number of aromatic nitrogens is 2. The number of carbonyl (C=O) groups excluding carboxylic acids is 1. The Labute approximate surface area is 144 Å². The first kappa shape index (κ1) is 15.4. The van der Waals surface area contributed by atoms with Crippen LogP contribution >= 0.6 is 11.6 Å². The van der Waals surface area contributed by atoms with E-state index in [1.54, 1.807) is 6.07 Å². The largest absolute Gasteiger partial charge is 0.480 e. The van der Waals surface area contributed by atoms with Crippen LogP contribution in [0.2, 0.25) is 5.02 Å². The van der Waals surface area contributed by atoms with Gasteiger partial charge in [0.25, 0.3) is 5.91 Å².